The minimum Gasteiger partial charge on any atom is -0.502 e. The summed E-state index contributed by atoms with van der Waals surface area (Å²) in [6.45, 7) is 0.110. The predicted octanol–water partition coefficient (Wildman–Crippen LogP) is 2.91. The van der Waals surface area contributed by atoms with Crippen molar-refractivity contribution >= 4 is 11.0 Å². The van der Waals surface area contributed by atoms with Crippen molar-refractivity contribution in [1.82, 2.24) is 0 Å². The van der Waals surface area contributed by atoms with E-state index in [9.17, 15) is 9.90 Å². The van der Waals surface area contributed by atoms with Gasteiger partial charge in [-0.15, -0.1) is 0 Å². The molecule has 0 saturated carbocycles. The Morgan fingerprint density at radius 1 is 1.00 bits per heavy atom. The molecule has 0 aliphatic carbocycles. The highest BCUT2D eigenvalue weighted by molar-refractivity contribution is 5.85. The van der Waals surface area contributed by atoms with Crippen LogP contribution in [-0.2, 0) is 0 Å². The summed E-state index contributed by atoms with van der Waals surface area (Å²) in [5, 5.41) is 10.4. The van der Waals surface area contributed by atoms with Crippen LogP contribution in [0.15, 0.2) is 39.7 Å². The molecule has 0 radical (unpaired) electrons. The highest BCUT2D eigenvalue weighted by atomic mass is 16.7. The van der Waals surface area contributed by atoms with Crippen LogP contribution >= 0.6 is 0 Å². The first-order valence-corrected chi connectivity index (χ1v) is 7.43. The number of rotatable bonds is 3. The van der Waals surface area contributed by atoms with Gasteiger partial charge >= 0.3 is 0 Å². The van der Waals surface area contributed by atoms with Gasteiger partial charge < -0.3 is 28.5 Å². The summed E-state index contributed by atoms with van der Waals surface area (Å²) in [4.78, 5) is 12.9. The van der Waals surface area contributed by atoms with Gasteiger partial charge in [0.05, 0.1) is 25.2 Å². The number of phenols is 1. The third-order valence-corrected chi connectivity index (χ3v) is 4.06. The molecule has 0 bridgehead atoms. The average molecular weight is 342 g/mol. The largest absolute Gasteiger partial charge is 0.502 e. The Labute approximate surface area is 141 Å². The van der Waals surface area contributed by atoms with Crippen LogP contribution in [0.4, 0.5) is 0 Å². The van der Waals surface area contributed by atoms with Crippen molar-refractivity contribution in [3.05, 3.63) is 40.8 Å². The van der Waals surface area contributed by atoms with Gasteiger partial charge in [-0.1, -0.05) is 0 Å². The van der Waals surface area contributed by atoms with E-state index < -0.39 is 0 Å². The average Bonchev–Trinajstić information content (AvgIpc) is 3.08. The quantitative estimate of drug-likeness (QED) is 0.783. The Kier molecular flexibility index (Phi) is 3.42. The molecule has 25 heavy (non-hydrogen) atoms. The zero-order chi connectivity index (χ0) is 17.6. The zero-order valence-corrected chi connectivity index (χ0v) is 13.5. The van der Waals surface area contributed by atoms with Crippen molar-refractivity contribution in [3.63, 3.8) is 0 Å². The molecule has 1 N–H and O–H groups in total. The summed E-state index contributed by atoms with van der Waals surface area (Å²) in [6, 6.07) is 6.31. The SMILES string of the molecule is COc1cc(-c2coc3cc4c(cc3c2=O)OCO4)cc(OC)c1O. The number of fused-ring (bicyclic) bond motifs is 2. The van der Waals surface area contributed by atoms with Crippen LogP contribution in [0, 0.1) is 0 Å². The van der Waals surface area contributed by atoms with Gasteiger partial charge in [0.2, 0.25) is 18.0 Å². The second kappa shape index (κ2) is 5.62. The van der Waals surface area contributed by atoms with E-state index in [0.29, 0.717) is 33.6 Å². The molecule has 1 aliphatic rings. The predicted molar refractivity (Wildman–Crippen MR) is 88.8 cm³/mol. The van der Waals surface area contributed by atoms with Gasteiger partial charge in [-0.25, -0.2) is 0 Å². The molecule has 0 fully saturated rings. The second-order valence-electron chi connectivity index (χ2n) is 5.41. The number of hydrogen-bond donors (Lipinski definition) is 1. The molecule has 4 rings (SSSR count). The first-order chi connectivity index (χ1) is 12.1. The van der Waals surface area contributed by atoms with Gasteiger partial charge in [0.15, 0.2) is 23.0 Å². The maximum atomic E-state index is 12.9. The molecular weight excluding hydrogens is 328 g/mol. The van der Waals surface area contributed by atoms with E-state index in [4.69, 9.17) is 23.4 Å². The van der Waals surface area contributed by atoms with E-state index in [2.05, 4.69) is 0 Å². The lowest BCUT2D eigenvalue weighted by Crippen LogP contribution is -2.05. The van der Waals surface area contributed by atoms with Crippen LogP contribution in [0.5, 0.6) is 28.7 Å². The van der Waals surface area contributed by atoms with Gasteiger partial charge in [0.1, 0.15) is 11.8 Å². The van der Waals surface area contributed by atoms with Gasteiger partial charge in [-0.3, -0.25) is 4.79 Å². The maximum absolute atomic E-state index is 12.9. The molecule has 1 aliphatic heterocycles. The molecule has 128 valence electrons. The Morgan fingerprint density at radius 2 is 1.64 bits per heavy atom. The van der Waals surface area contributed by atoms with E-state index in [1.165, 1.54) is 20.5 Å². The summed E-state index contributed by atoms with van der Waals surface area (Å²) in [7, 11) is 2.84. The molecule has 0 unspecified atom stereocenters. The lowest BCUT2D eigenvalue weighted by Gasteiger charge is -2.11. The number of benzene rings is 2. The Bertz CT molecular complexity index is 1010. The number of ether oxygens (including phenoxy) is 4. The van der Waals surface area contributed by atoms with Gasteiger partial charge in [0.25, 0.3) is 0 Å². The number of hydrogen-bond acceptors (Lipinski definition) is 7. The highest BCUT2D eigenvalue weighted by Gasteiger charge is 2.20. The molecule has 1 aromatic heterocycles. The van der Waals surface area contributed by atoms with Crippen LogP contribution in [0.25, 0.3) is 22.1 Å². The highest BCUT2D eigenvalue weighted by Crippen LogP contribution is 2.40. The van der Waals surface area contributed by atoms with Crippen molar-refractivity contribution in [2.45, 2.75) is 0 Å². The molecule has 0 atom stereocenters. The normalized spacial score (nSPS) is 12.4. The fourth-order valence-electron chi connectivity index (χ4n) is 2.77. The first-order valence-electron chi connectivity index (χ1n) is 7.43. The van der Waals surface area contributed by atoms with Crippen LogP contribution < -0.4 is 24.4 Å². The van der Waals surface area contributed by atoms with Crippen LogP contribution in [0.2, 0.25) is 0 Å². The topological polar surface area (TPSA) is 87.4 Å². The van der Waals surface area contributed by atoms with Crippen molar-refractivity contribution in [1.29, 1.82) is 0 Å². The third kappa shape index (κ3) is 2.32. The third-order valence-electron chi connectivity index (χ3n) is 4.06. The monoisotopic (exact) mass is 342 g/mol. The van der Waals surface area contributed by atoms with Gasteiger partial charge in [0, 0.05) is 6.07 Å². The van der Waals surface area contributed by atoms with E-state index in [-0.39, 0.29) is 29.5 Å². The standard InChI is InChI=1S/C18H14O7/c1-21-15-3-9(4-16(22-2)18(15)20)11-7-23-12-6-14-13(24-8-25-14)5-10(12)17(11)19/h3-7,20H,8H2,1-2H3. The lowest BCUT2D eigenvalue weighted by molar-refractivity contribution is 0.174. The van der Waals surface area contributed by atoms with E-state index >= 15 is 0 Å². The Balaban J connectivity index is 1.94. The summed E-state index contributed by atoms with van der Waals surface area (Å²) in [5.41, 5.74) is 0.966. The van der Waals surface area contributed by atoms with Crippen LogP contribution in [0.3, 0.4) is 0 Å². The van der Waals surface area contributed by atoms with E-state index in [1.54, 1.807) is 24.3 Å². The minimum atomic E-state index is -0.241. The summed E-state index contributed by atoms with van der Waals surface area (Å²) in [5.74, 6) is 1.29. The first kappa shape index (κ1) is 15.2. The minimum absolute atomic E-state index is 0.110. The molecule has 7 heteroatoms. The van der Waals surface area contributed by atoms with Gasteiger partial charge in [-0.05, 0) is 23.8 Å². The fraction of sp³-hybridized carbons (Fsp3) is 0.167. The van der Waals surface area contributed by atoms with Crippen molar-refractivity contribution < 1.29 is 28.5 Å². The molecule has 0 spiro atoms. The molecule has 2 aromatic carbocycles. The molecule has 0 amide bonds. The molecular formula is C18H14O7. The lowest BCUT2D eigenvalue weighted by atomic mass is 10.0. The number of phenolic OH excluding ortho intramolecular Hbond substituents is 1. The Morgan fingerprint density at radius 3 is 2.28 bits per heavy atom. The molecule has 0 saturated heterocycles. The molecule has 2 heterocycles. The second-order valence-corrected chi connectivity index (χ2v) is 5.41. The smallest absolute Gasteiger partial charge is 0.231 e. The van der Waals surface area contributed by atoms with E-state index in [1.807, 2.05) is 0 Å². The Hall–Kier alpha value is -3.35. The number of aromatic hydroxyl groups is 1. The van der Waals surface area contributed by atoms with Crippen molar-refractivity contribution in [2.75, 3.05) is 21.0 Å². The van der Waals surface area contributed by atoms with E-state index in [0.717, 1.165) is 0 Å². The van der Waals surface area contributed by atoms with Crippen molar-refractivity contribution in [2.24, 2.45) is 0 Å². The summed E-state index contributed by atoms with van der Waals surface area (Å²) in [6.07, 6.45) is 1.36. The fourth-order valence-corrected chi connectivity index (χ4v) is 2.77. The number of methoxy groups -OCH3 is 2. The van der Waals surface area contributed by atoms with Crippen LogP contribution in [0.1, 0.15) is 0 Å². The van der Waals surface area contributed by atoms with Gasteiger partial charge in [-0.2, -0.15) is 0 Å². The summed E-state index contributed by atoms with van der Waals surface area (Å²) >= 11 is 0. The maximum Gasteiger partial charge on any atom is 0.231 e. The van der Waals surface area contributed by atoms with Crippen molar-refractivity contribution in [3.8, 4) is 39.9 Å². The molecule has 3 aromatic rings. The zero-order valence-electron chi connectivity index (χ0n) is 13.5. The van der Waals surface area contributed by atoms with Crippen LogP contribution in [-0.4, -0.2) is 26.1 Å². The summed E-state index contributed by atoms with van der Waals surface area (Å²) < 4.78 is 26.5. The molecule has 7 nitrogen and oxygen atoms in total.